The molecule has 8 aromatic carbocycles. The fourth-order valence-corrected chi connectivity index (χ4v) is 7.70. The van der Waals surface area contributed by atoms with E-state index in [0.29, 0.717) is 0 Å². The van der Waals surface area contributed by atoms with Gasteiger partial charge in [-0.15, -0.1) is 0 Å². The Labute approximate surface area is 316 Å². The first kappa shape index (κ1) is 33.2. The topological polar surface area (TPSA) is 28.4 Å². The smallest absolute Gasteiger partial charge is 0.0860 e. The fourth-order valence-electron chi connectivity index (χ4n) is 7.70. The molecule has 1 aromatic heterocycles. The van der Waals surface area contributed by atoms with Crippen molar-refractivity contribution in [2.75, 3.05) is 4.90 Å². The zero-order valence-corrected chi connectivity index (χ0v) is 30.4. The molecule has 0 fully saturated rings. The Morgan fingerprint density at radius 1 is 0.389 bits per heavy atom. The second kappa shape index (κ2) is 13.7. The third-order valence-corrected chi connectivity index (χ3v) is 10.4. The molecule has 0 aliphatic carbocycles. The zero-order valence-electron chi connectivity index (χ0n) is 30.4. The van der Waals surface area contributed by atoms with Gasteiger partial charge in [0, 0.05) is 33.4 Å². The molecule has 0 aliphatic heterocycles. The number of rotatable bonds is 8. The maximum atomic E-state index is 11.6. The van der Waals surface area contributed by atoms with Crippen molar-refractivity contribution >= 4 is 38.9 Å². The molecule has 260 valence electrons. The minimum Gasteiger partial charge on any atom is -0.386 e. The van der Waals surface area contributed by atoms with Crippen LogP contribution in [0.15, 0.2) is 200 Å². The van der Waals surface area contributed by atoms with Crippen LogP contribution in [0.3, 0.4) is 0 Å². The summed E-state index contributed by atoms with van der Waals surface area (Å²) in [5, 5.41) is 14.0. The van der Waals surface area contributed by atoms with Crippen molar-refractivity contribution in [3.05, 3.63) is 206 Å². The summed E-state index contributed by atoms with van der Waals surface area (Å²) in [6.45, 7) is 3.74. The van der Waals surface area contributed by atoms with Crippen LogP contribution < -0.4 is 4.90 Å². The summed E-state index contributed by atoms with van der Waals surface area (Å²) in [5.74, 6) is 0. The first-order chi connectivity index (χ1) is 26.4. The lowest BCUT2D eigenvalue weighted by atomic mass is 9.92. The minimum absolute atomic E-state index is 0.870. The average Bonchev–Trinajstić information content (AvgIpc) is 3.56. The Kier molecular flexibility index (Phi) is 8.42. The van der Waals surface area contributed by atoms with Gasteiger partial charge in [0.2, 0.25) is 0 Å². The van der Waals surface area contributed by atoms with E-state index in [0.717, 1.165) is 50.5 Å². The first-order valence-electron chi connectivity index (χ1n) is 18.5. The highest BCUT2D eigenvalue weighted by Gasteiger charge is 2.24. The van der Waals surface area contributed by atoms with Gasteiger partial charge in [-0.05, 0) is 108 Å². The van der Waals surface area contributed by atoms with Gasteiger partial charge in [-0.25, -0.2) is 0 Å². The number of aromatic nitrogens is 1. The number of hydrogen-bond acceptors (Lipinski definition) is 2. The summed E-state index contributed by atoms with van der Waals surface area (Å²) in [4.78, 5) is 2.31. The second-order valence-electron chi connectivity index (χ2n) is 14.4. The predicted molar refractivity (Wildman–Crippen MR) is 227 cm³/mol. The number of benzene rings is 8. The Bertz CT molecular complexity index is 2570. The first-order valence-corrected chi connectivity index (χ1v) is 18.5. The van der Waals surface area contributed by atoms with E-state index in [1.54, 1.807) is 0 Å². The largest absolute Gasteiger partial charge is 0.386 e. The number of anilines is 3. The molecule has 54 heavy (non-hydrogen) atoms. The van der Waals surface area contributed by atoms with E-state index >= 15 is 0 Å². The molecular weight excluding hydrogens is 657 g/mol. The molecule has 3 nitrogen and oxygen atoms in total. The van der Waals surface area contributed by atoms with E-state index in [9.17, 15) is 5.11 Å². The molecule has 0 bridgehead atoms. The number of para-hydroxylation sites is 2. The van der Waals surface area contributed by atoms with Gasteiger partial charge in [0.05, 0.1) is 22.3 Å². The van der Waals surface area contributed by atoms with E-state index in [1.165, 1.54) is 33.0 Å². The molecule has 0 saturated carbocycles. The predicted octanol–water partition coefficient (Wildman–Crippen LogP) is 13.5. The van der Waals surface area contributed by atoms with Crippen LogP contribution in [0, 0.1) is 0 Å². The van der Waals surface area contributed by atoms with E-state index in [-0.39, 0.29) is 0 Å². The fraction of sp³-hybridized carbons (Fsp3) is 0.0588. The molecule has 0 saturated heterocycles. The van der Waals surface area contributed by atoms with Crippen molar-refractivity contribution < 1.29 is 5.11 Å². The van der Waals surface area contributed by atoms with Crippen LogP contribution >= 0.6 is 0 Å². The lowest BCUT2D eigenvalue weighted by Gasteiger charge is -2.26. The van der Waals surface area contributed by atoms with Gasteiger partial charge in [-0.3, -0.25) is 0 Å². The number of aliphatic hydroxyl groups is 1. The van der Waals surface area contributed by atoms with Crippen molar-refractivity contribution in [1.29, 1.82) is 0 Å². The van der Waals surface area contributed by atoms with Gasteiger partial charge in [-0.1, -0.05) is 140 Å². The van der Waals surface area contributed by atoms with Gasteiger partial charge in [0.1, 0.15) is 0 Å². The normalized spacial score (nSPS) is 11.6. The maximum Gasteiger partial charge on any atom is 0.0860 e. The maximum absolute atomic E-state index is 11.6. The minimum atomic E-state index is -1.08. The molecule has 1 heterocycles. The van der Waals surface area contributed by atoms with Crippen molar-refractivity contribution in [1.82, 2.24) is 4.57 Å². The Balaban J connectivity index is 1.11. The van der Waals surface area contributed by atoms with Crippen LogP contribution in [0.4, 0.5) is 17.1 Å². The molecule has 0 atom stereocenters. The Hall–Kier alpha value is -6.68. The molecule has 0 spiro atoms. The molecule has 0 aliphatic rings. The SMILES string of the molecule is CC(C)(O)c1cc(-c2ccc(N(c3ccc(-c4ccccc4)cc3)c3ccc(-c4ccccc4)cc3)cc2)ccc1-n1c2ccccc2c2ccccc21. The highest BCUT2D eigenvalue weighted by Crippen LogP contribution is 2.40. The second-order valence-corrected chi connectivity index (χ2v) is 14.4. The van der Waals surface area contributed by atoms with Crippen molar-refractivity contribution in [3.8, 4) is 39.1 Å². The average molecular weight is 697 g/mol. The lowest BCUT2D eigenvalue weighted by Crippen LogP contribution is -2.19. The quantitative estimate of drug-likeness (QED) is 0.171. The molecule has 9 aromatic rings. The summed E-state index contributed by atoms with van der Waals surface area (Å²) >= 11 is 0. The lowest BCUT2D eigenvalue weighted by molar-refractivity contribution is 0.0786. The standard InChI is InChI=1S/C51H40N2O/c1-51(2,54)47-35-41(27-34-50(47)53-48-19-11-9-17-45(48)46-18-10-12-20-49(46)53)40-25-32-44(33-26-40)52(42-28-21-38(22-29-42)36-13-5-3-6-14-36)43-30-23-39(24-31-43)37-15-7-4-8-16-37/h3-35,54H,1-2H3. The molecule has 1 N–H and O–H groups in total. The van der Waals surface area contributed by atoms with Crippen molar-refractivity contribution in [3.63, 3.8) is 0 Å². The van der Waals surface area contributed by atoms with Crippen LogP contribution in [0.1, 0.15) is 19.4 Å². The molecule has 0 amide bonds. The number of hydrogen-bond donors (Lipinski definition) is 1. The van der Waals surface area contributed by atoms with E-state index in [2.05, 4.69) is 198 Å². The van der Waals surface area contributed by atoms with Crippen LogP contribution in [0.5, 0.6) is 0 Å². The highest BCUT2D eigenvalue weighted by atomic mass is 16.3. The molecule has 9 rings (SSSR count). The molecular formula is C51H40N2O. The summed E-state index contributed by atoms with van der Waals surface area (Å²) < 4.78 is 2.29. The van der Waals surface area contributed by atoms with Crippen LogP contribution in [-0.4, -0.2) is 9.67 Å². The van der Waals surface area contributed by atoms with Crippen LogP contribution in [0.25, 0.3) is 60.9 Å². The van der Waals surface area contributed by atoms with Gasteiger partial charge in [0.15, 0.2) is 0 Å². The highest BCUT2D eigenvalue weighted by molar-refractivity contribution is 6.09. The van der Waals surface area contributed by atoms with Gasteiger partial charge >= 0.3 is 0 Å². The zero-order chi connectivity index (χ0) is 36.6. The molecule has 0 radical (unpaired) electrons. The monoisotopic (exact) mass is 696 g/mol. The van der Waals surface area contributed by atoms with E-state index < -0.39 is 5.60 Å². The summed E-state index contributed by atoms with van der Waals surface area (Å²) in [5.41, 5.74) is 13.1. The van der Waals surface area contributed by atoms with Gasteiger partial charge < -0.3 is 14.6 Å². The van der Waals surface area contributed by atoms with Gasteiger partial charge in [0.25, 0.3) is 0 Å². The number of nitrogens with zero attached hydrogens (tertiary/aromatic N) is 2. The summed E-state index contributed by atoms with van der Waals surface area (Å²) in [7, 11) is 0. The van der Waals surface area contributed by atoms with Crippen molar-refractivity contribution in [2.24, 2.45) is 0 Å². The molecule has 0 unspecified atom stereocenters. The van der Waals surface area contributed by atoms with E-state index in [4.69, 9.17) is 0 Å². The third-order valence-electron chi connectivity index (χ3n) is 10.4. The number of fused-ring (bicyclic) bond motifs is 3. The van der Waals surface area contributed by atoms with Crippen LogP contribution in [-0.2, 0) is 5.60 Å². The van der Waals surface area contributed by atoms with Crippen molar-refractivity contribution in [2.45, 2.75) is 19.4 Å². The van der Waals surface area contributed by atoms with E-state index in [1.807, 2.05) is 26.0 Å². The molecule has 3 heteroatoms. The summed E-state index contributed by atoms with van der Waals surface area (Å²) in [6.07, 6.45) is 0. The Morgan fingerprint density at radius 3 is 1.17 bits per heavy atom. The Morgan fingerprint density at radius 2 is 0.741 bits per heavy atom. The summed E-state index contributed by atoms with van der Waals surface area (Å²) in [6, 6.07) is 70.8. The van der Waals surface area contributed by atoms with Gasteiger partial charge in [-0.2, -0.15) is 0 Å². The third kappa shape index (κ3) is 6.15. The van der Waals surface area contributed by atoms with Crippen LogP contribution in [0.2, 0.25) is 0 Å².